The fourth-order valence-corrected chi connectivity index (χ4v) is 2.72. The second-order valence-corrected chi connectivity index (χ2v) is 6.02. The van der Waals surface area contributed by atoms with Crippen LogP contribution >= 0.6 is 24.0 Å². The number of rotatable bonds is 7. The zero-order valence-electron chi connectivity index (χ0n) is 15.0. The number of hydrogen-bond donors (Lipinski definition) is 2. The molecule has 1 saturated heterocycles. The molecule has 142 valence electrons. The van der Waals surface area contributed by atoms with Crippen molar-refractivity contribution in [3.05, 3.63) is 24.2 Å². The molecule has 1 aromatic heterocycles. The number of hydrogen-bond acceptors (Lipinski definition) is 4. The summed E-state index contributed by atoms with van der Waals surface area (Å²) in [5, 5.41) is 5.90. The third-order valence-corrected chi connectivity index (χ3v) is 4.23. The van der Waals surface area contributed by atoms with Crippen molar-refractivity contribution in [1.82, 2.24) is 15.5 Å². The number of nitrogens with one attached hydrogen (secondary N) is 2. The molecule has 2 N–H and O–H groups in total. The second-order valence-electron chi connectivity index (χ2n) is 6.02. The van der Waals surface area contributed by atoms with Crippen molar-refractivity contribution in [3.8, 4) is 0 Å². The van der Waals surface area contributed by atoms with Crippen molar-refractivity contribution in [1.29, 1.82) is 0 Å². The van der Waals surface area contributed by atoms with Crippen LogP contribution in [0.2, 0.25) is 0 Å². The van der Waals surface area contributed by atoms with Crippen LogP contribution in [0.25, 0.3) is 0 Å². The van der Waals surface area contributed by atoms with E-state index >= 15 is 0 Å². The summed E-state index contributed by atoms with van der Waals surface area (Å²) in [6.07, 6.45) is 4.98. The van der Waals surface area contributed by atoms with Gasteiger partial charge in [-0.25, -0.2) is 0 Å². The van der Waals surface area contributed by atoms with Gasteiger partial charge in [-0.2, -0.15) is 0 Å². The van der Waals surface area contributed by atoms with Crippen LogP contribution in [-0.2, 0) is 16.1 Å². The van der Waals surface area contributed by atoms with Gasteiger partial charge >= 0.3 is 0 Å². The van der Waals surface area contributed by atoms with Crippen molar-refractivity contribution in [2.45, 2.75) is 25.8 Å². The molecule has 0 aromatic carbocycles. The minimum absolute atomic E-state index is 0. The van der Waals surface area contributed by atoms with Gasteiger partial charge in [-0.15, -0.1) is 24.0 Å². The second kappa shape index (κ2) is 12.1. The molecule has 25 heavy (non-hydrogen) atoms. The molecule has 1 aliphatic heterocycles. The van der Waals surface area contributed by atoms with Crippen molar-refractivity contribution < 1.29 is 13.9 Å². The first-order valence-electron chi connectivity index (χ1n) is 8.47. The average Bonchev–Trinajstić information content (AvgIpc) is 3.13. The molecule has 0 unspecified atom stereocenters. The van der Waals surface area contributed by atoms with Crippen LogP contribution in [0.1, 0.15) is 25.0 Å². The van der Waals surface area contributed by atoms with E-state index in [-0.39, 0.29) is 36.4 Å². The molecule has 0 spiro atoms. The number of furan rings is 1. The zero-order chi connectivity index (χ0) is 17.2. The quantitative estimate of drug-likeness (QED) is 0.366. The molecule has 1 aliphatic rings. The Morgan fingerprint density at radius 1 is 1.36 bits per heavy atom. The van der Waals surface area contributed by atoms with Gasteiger partial charge in [-0.3, -0.25) is 9.79 Å². The number of nitrogens with zero attached hydrogens (tertiary/aromatic N) is 2. The fraction of sp³-hybridized carbons (Fsp3) is 0.647. The summed E-state index contributed by atoms with van der Waals surface area (Å²) < 4.78 is 10.6. The number of halogens is 1. The molecule has 0 saturated carbocycles. The van der Waals surface area contributed by atoms with E-state index in [1.165, 1.54) is 0 Å². The van der Waals surface area contributed by atoms with Crippen molar-refractivity contribution in [2.75, 3.05) is 40.4 Å². The summed E-state index contributed by atoms with van der Waals surface area (Å²) in [5.41, 5.74) is 0. The maximum atomic E-state index is 11.9. The van der Waals surface area contributed by atoms with E-state index in [1.807, 2.05) is 13.1 Å². The summed E-state index contributed by atoms with van der Waals surface area (Å²) in [6.45, 7) is 3.24. The largest absolute Gasteiger partial charge is 0.467 e. The predicted octanol–water partition coefficient (Wildman–Crippen LogP) is 1.84. The van der Waals surface area contributed by atoms with E-state index in [4.69, 9.17) is 9.15 Å². The van der Waals surface area contributed by atoms with Gasteiger partial charge in [0.05, 0.1) is 19.4 Å². The van der Waals surface area contributed by atoms with Gasteiger partial charge in [0.2, 0.25) is 5.91 Å². The minimum Gasteiger partial charge on any atom is -0.467 e. The van der Waals surface area contributed by atoms with Crippen LogP contribution in [0.3, 0.4) is 0 Å². The molecule has 0 atom stereocenters. The van der Waals surface area contributed by atoms with E-state index in [1.54, 1.807) is 19.4 Å². The first-order chi connectivity index (χ1) is 11.7. The van der Waals surface area contributed by atoms with Crippen LogP contribution in [0.15, 0.2) is 27.8 Å². The number of ether oxygens (including phenoxy) is 1. The van der Waals surface area contributed by atoms with Gasteiger partial charge in [-0.1, -0.05) is 0 Å². The van der Waals surface area contributed by atoms with E-state index in [0.29, 0.717) is 6.54 Å². The lowest BCUT2D eigenvalue weighted by atomic mass is 9.96. The molecule has 0 bridgehead atoms. The smallest absolute Gasteiger partial charge is 0.239 e. The van der Waals surface area contributed by atoms with Crippen LogP contribution in [-0.4, -0.2) is 57.2 Å². The third kappa shape index (κ3) is 8.08. The Morgan fingerprint density at radius 3 is 2.76 bits per heavy atom. The maximum absolute atomic E-state index is 11.9. The van der Waals surface area contributed by atoms with Gasteiger partial charge in [0.25, 0.3) is 0 Å². The van der Waals surface area contributed by atoms with Crippen LogP contribution < -0.4 is 10.6 Å². The van der Waals surface area contributed by atoms with E-state index < -0.39 is 0 Å². The molecule has 8 heteroatoms. The number of carbonyl (C=O) groups excluding carboxylic acids is 1. The highest BCUT2D eigenvalue weighted by atomic mass is 127. The van der Waals surface area contributed by atoms with Crippen LogP contribution in [0.4, 0.5) is 0 Å². The Hall–Kier alpha value is -1.29. The Kier molecular flexibility index (Phi) is 10.6. The third-order valence-electron chi connectivity index (χ3n) is 4.23. The molecule has 0 aliphatic carbocycles. The minimum atomic E-state index is -0.0922. The average molecular weight is 464 g/mol. The van der Waals surface area contributed by atoms with E-state index in [2.05, 4.69) is 20.5 Å². The lowest BCUT2D eigenvalue weighted by Crippen LogP contribution is -2.44. The SMILES string of the molecule is CN=C(NCC(=O)NCc1ccco1)N(C)CCC1CCOCC1.I. The first kappa shape index (κ1) is 21.8. The van der Waals surface area contributed by atoms with Crippen LogP contribution in [0.5, 0.6) is 0 Å². The lowest BCUT2D eigenvalue weighted by molar-refractivity contribution is -0.120. The first-order valence-corrected chi connectivity index (χ1v) is 8.47. The van der Waals surface area contributed by atoms with E-state index in [9.17, 15) is 4.79 Å². The number of guanidine groups is 1. The van der Waals surface area contributed by atoms with Gasteiger partial charge in [-0.05, 0) is 37.3 Å². The molecule has 1 fully saturated rings. The Morgan fingerprint density at radius 2 is 2.12 bits per heavy atom. The molecular weight excluding hydrogens is 435 g/mol. The predicted molar refractivity (Wildman–Crippen MR) is 108 cm³/mol. The van der Waals surface area contributed by atoms with Gasteiger partial charge in [0.1, 0.15) is 5.76 Å². The number of carbonyl (C=O) groups is 1. The normalized spacial score (nSPS) is 15.4. The standard InChI is InChI=1S/C17H28N4O3.HI/c1-18-17(21(2)8-5-14-6-10-23-11-7-14)20-13-16(22)19-12-15-4-3-9-24-15;/h3-4,9,14H,5-8,10-13H2,1-2H3,(H,18,20)(H,19,22);1H. The van der Waals surface area contributed by atoms with Gasteiger partial charge < -0.3 is 24.7 Å². The molecule has 1 amide bonds. The monoisotopic (exact) mass is 464 g/mol. The van der Waals surface area contributed by atoms with Crippen molar-refractivity contribution in [2.24, 2.45) is 10.9 Å². The highest BCUT2D eigenvalue weighted by Gasteiger charge is 2.15. The van der Waals surface area contributed by atoms with Gasteiger partial charge in [0.15, 0.2) is 5.96 Å². The van der Waals surface area contributed by atoms with Gasteiger partial charge in [0, 0.05) is 33.9 Å². The lowest BCUT2D eigenvalue weighted by Gasteiger charge is -2.26. The molecule has 7 nitrogen and oxygen atoms in total. The molecule has 2 rings (SSSR count). The number of aliphatic imine (C=N–C) groups is 1. The summed E-state index contributed by atoms with van der Waals surface area (Å²) in [7, 11) is 3.73. The van der Waals surface area contributed by atoms with Crippen LogP contribution in [0, 0.1) is 5.92 Å². The highest BCUT2D eigenvalue weighted by molar-refractivity contribution is 14.0. The van der Waals surface area contributed by atoms with Crippen molar-refractivity contribution >= 4 is 35.8 Å². The summed E-state index contributed by atoms with van der Waals surface area (Å²) in [6, 6.07) is 3.63. The number of amides is 1. The molecular formula is C17H29IN4O3. The highest BCUT2D eigenvalue weighted by Crippen LogP contribution is 2.18. The molecule has 2 heterocycles. The Labute approximate surface area is 166 Å². The van der Waals surface area contributed by atoms with E-state index in [0.717, 1.165) is 56.7 Å². The summed E-state index contributed by atoms with van der Waals surface area (Å²) >= 11 is 0. The Bertz CT molecular complexity index is 516. The fourth-order valence-electron chi connectivity index (χ4n) is 2.72. The Balaban J connectivity index is 0.00000312. The topological polar surface area (TPSA) is 79.1 Å². The zero-order valence-corrected chi connectivity index (χ0v) is 17.3. The summed E-state index contributed by atoms with van der Waals surface area (Å²) in [5.74, 6) is 2.10. The summed E-state index contributed by atoms with van der Waals surface area (Å²) in [4.78, 5) is 18.2. The molecule has 1 aromatic rings. The van der Waals surface area contributed by atoms with Crippen molar-refractivity contribution in [3.63, 3.8) is 0 Å². The maximum Gasteiger partial charge on any atom is 0.239 e. The molecule has 0 radical (unpaired) electrons.